The molecule has 3 heterocycles. The maximum atomic E-state index is 12.5. The number of rotatable bonds is 6. The van der Waals surface area contributed by atoms with Gasteiger partial charge in [-0.15, -0.1) is 10.2 Å². The quantitative estimate of drug-likeness (QED) is 0.625. The molecule has 0 fully saturated rings. The molecule has 164 valence electrons. The van der Waals surface area contributed by atoms with Gasteiger partial charge in [0.1, 0.15) is 11.6 Å². The summed E-state index contributed by atoms with van der Waals surface area (Å²) in [6.45, 7) is 6.55. The van der Waals surface area contributed by atoms with Crippen LogP contribution in [0.15, 0.2) is 34.9 Å². The lowest BCUT2D eigenvalue weighted by atomic mass is 10.1. The van der Waals surface area contributed by atoms with Gasteiger partial charge in [0.2, 0.25) is 0 Å². The van der Waals surface area contributed by atoms with E-state index < -0.39 is 0 Å². The fourth-order valence-corrected chi connectivity index (χ4v) is 3.93. The lowest BCUT2D eigenvalue weighted by molar-refractivity contribution is 0.0936. The molecule has 31 heavy (non-hydrogen) atoms. The molecule has 0 aliphatic carbocycles. The van der Waals surface area contributed by atoms with E-state index in [9.17, 15) is 9.90 Å². The minimum absolute atomic E-state index is 0.181. The van der Waals surface area contributed by atoms with Crippen LogP contribution in [-0.2, 0) is 19.5 Å². The van der Waals surface area contributed by atoms with Gasteiger partial charge in [0.15, 0.2) is 17.3 Å². The van der Waals surface area contributed by atoms with Gasteiger partial charge in [0.05, 0.1) is 25.0 Å². The van der Waals surface area contributed by atoms with Gasteiger partial charge in [0.25, 0.3) is 5.91 Å². The van der Waals surface area contributed by atoms with Crippen molar-refractivity contribution in [1.29, 1.82) is 0 Å². The Kier molecular flexibility index (Phi) is 5.94. The van der Waals surface area contributed by atoms with Gasteiger partial charge in [-0.1, -0.05) is 12.1 Å². The number of methoxy groups -OCH3 is 1. The van der Waals surface area contributed by atoms with Gasteiger partial charge < -0.3 is 24.1 Å². The van der Waals surface area contributed by atoms with Crippen molar-refractivity contribution in [2.75, 3.05) is 20.2 Å². The Morgan fingerprint density at radius 1 is 1.29 bits per heavy atom. The molecule has 1 aliphatic heterocycles. The zero-order valence-electron chi connectivity index (χ0n) is 18.0. The second-order valence-electron chi connectivity index (χ2n) is 7.71. The Morgan fingerprint density at radius 3 is 2.87 bits per heavy atom. The molecule has 4 rings (SSSR count). The number of hydrogen-bond donors (Lipinski definition) is 2. The maximum Gasteiger partial charge on any atom is 0.255 e. The smallest absolute Gasteiger partial charge is 0.255 e. The summed E-state index contributed by atoms with van der Waals surface area (Å²) < 4.78 is 12.5. The molecular formula is C22H27N5O4. The van der Waals surface area contributed by atoms with Crippen LogP contribution in [0.25, 0.3) is 0 Å². The summed E-state index contributed by atoms with van der Waals surface area (Å²) in [5.74, 6) is 2.67. The molecule has 1 aromatic carbocycles. The lowest BCUT2D eigenvalue weighted by Crippen LogP contribution is -2.30. The first-order valence-corrected chi connectivity index (χ1v) is 10.3. The van der Waals surface area contributed by atoms with Crippen molar-refractivity contribution in [3.63, 3.8) is 0 Å². The highest BCUT2D eigenvalue weighted by Crippen LogP contribution is 2.30. The van der Waals surface area contributed by atoms with Crippen LogP contribution < -0.4 is 10.1 Å². The fourth-order valence-electron chi connectivity index (χ4n) is 3.93. The molecule has 9 heteroatoms. The van der Waals surface area contributed by atoms with Crippen molar-refractivity contribution in [1.82, 2.24) is 25.0 Å². The minimum Gasteiger partial charge on any atom is -0.504 e. The summed E-state index contributed by atoms with van der Waals surface area (Å²) in [7, 11) is 1.55. The number of amides is 1. The largest absolute Gasteiger partial charge is 0.504 e. The van der Waals surface area contributed by atoms with Gasteiger partial charge in [-0.2, -0.15) is 0 Å². The molecule has 9 nitrogen and oxygen atoms in total. The van der Waals surface area contributed by atoms with Gasteiger partial charge in [-0.05, 0) is 26.0 Å². The van der Waals surface area contributed by atoms with Crippen molar-refractivity contribution >= 4 is 5.91 Å². The Bertz CT molecular complexity index is 1070. The third-order valence-electron chi connectivity index (χ3n) is 5.68. The molecule has 1 atom stereocenters. The predicted octanol–water partition coefficient (Wildman–Crippen LogP) is 2.44. The molecular weight excluding hydrogens is 398 g/mol. The number of phenols is 1. The van der Waals surface area contributed by atoms with Crippen LogP contribution in [0.4, 0.5) is 0 Å². The Morgan fingerprint density at radius 2 is 2.13 bits per heavy atom. The number of aromatic nitrogens is 3. The number of fused-ring (bicyclic) bond motifs is 1. The van der Waals surface area contributed by atoms with Gasteiger partial charge in [-0.3, -0.25) is 9.69 Å². The van der Waals surface area contributed by atoms with E-state index in [0.717, 1.165) is 36.7 Å². The summed E-state index contributed by atoms with van der Waals surface area (Å²) >= 11 is 0. The number of benzene rings is 1. The highest BCUT2D eigenvalue weighted by atomic mass is 16.5. The molecule has 2 N–H and O–H groups in total. The summed E-state index contributed by atoms with van der Waals surface area (Å²) in [5, 5.41) is 22.1. The zero-order valence-corrected chi connectivity index (χ0v) is 18.0. The average molecular weight is 425 g/mol. The minimum atomic E-state index is -0.294. The van der Waals surface area contributed by atoms with Gasteiger partial charge >= 0.3 is 0 Å². The first-order valence-electron chi connectivity index (χ1n) is 10.3. The van der Waals surface area contributed by atoms with Gasteiger partial charge in [-0.25, -0.2) is 0 Å². The van der Waals surface area contributed by atoms with E-state index in [0.29, 0.717) is 30.2 Å². The predicted molar refractivity (Wildman–Crippen MR) is 113 cm³/mol. The van der Waals surface area contributed by atoms with Crippen LogP contribution in [-0.4, -0.2) is 50.9 Å². The number of furan rings is 1. The fraction of sp³-hybridized carbons (Fsp3) is 0.409. The van der Waals surface area contributed by atoms with Crippen molar-refractivity contribution in [3.8, 4) is 11.5 Å². The molecule has 0 saturated carbocycles. The Labute approximate surface area is 180 Å². The van der Waals surface area contributed by atoms with E-state index in [2.05, 4.69) is 25.0 Å². The van der Waals surface area contributed by atoms with Crippen molar-refractivity contribution in [2.24, 2.45) is 0 Å². The van der Waals surface area contributed by atoms with E-state index in [4.69, 9.17) is 9.15 Å². The summed E-state index contributed by atoms with van der Waals surface area (Å²) in [6.07, 6.45) is 2.24. The maximum absolute atomic E-state index is 12.5. The number of para-hydroxylation sites is 1. The number of phenolic OH excluding ortho intramolecular Hbond substituents is 1. The molecule has 0 saturated heterocycles. The number of nitrogens with zero attached hydrogens (tertiary/aromatic N) is 4. The number of carbonyl (C=O) groups excluding carboxylic acids is 1. The van der Waals surface area contributed by atoms with Crippen LogP contribution in [0.5, 0.6) is 11.5 Å². The van der Waals surface area contributed by atoms with Crippen molar-refractivity contribution in [3.05, 3.63) is 59.1 Å². The van der Waals surface area contributed by atoms with Crippen LogP contribution in [0, 0.1) is 6.92 Å². The first-order chi connectivity index (χ1) is 15.0. The average Bonchev–Trinajstić information content (AvgIpc) is 3.32. The van der Waals surface area contributed by atoms with Crippen LogP contribution >= 0.6 is 0 Å². The van der Waals surface area contributed by atoms with E-state index in [1.165, 1.54) is 6.26 Å². The number of aryl methyl sites for hydroxylation is 1. The van der Waals surface area contributed by atoms with Crippen LogP contribution in [0.1, 0.15) is 46.3 Å². The standard InChI is InChI=1S/C22H27N5O4/c1-14(23-22(29)17-8-12-31-15(17)2)21-25-24-19-7-9-26(10-11-27(19)21)13-16-5-4-6-18(30-3)20(16)28/h4-6,8,12,14,28H,7,9-11,13H2,1-3H3,(H,23,29)/t14-/m0/s1. The van der Waals surface area contributed by atoms with E-state index in [1.54, 1.807) is 26.2 Å². The number of aromatic hydroxyl groups is 1. The van der Waals surface area contributed by atoms with Crippen LogP contribution in [0.2, 0.25) is 0 Å². The van der Waals surface area contributed by atoms with Crippen molar-refractivity contribution in [2.45, 2.75) is 39.4 Å². The summed E-state index contributed by atoms with van der Waals surface area (Å²) in [5.41, 5.74) is 1.35. The molecule has 1 aliphatic rings. The third kappa shape index (κ3) is 4.27. The molecule has 0 bridgehead atoms. The van der Waals surface area contributed by atoms with E-state index in [-0.39, 0.29) is 17.7 Å². The zero-order chi connectivity index (χ0) is 22.0. The first kappa shape index (κ1) is 20.9. The molecule has 3 aromatic rings. The van der Waals surface area contributed by atoms with Crippen LogP contribution in [0.3, 0.4) is 0 Å². The van der Waals surface area contributed by atoms with Gasteiger partial charge in [0, 0.05) is 38.2 Å². The molecule has 0 unspecified atom stereocenters. The molecule has 0 spiro atoms. The molecule has 2 aromatic heterocycles. The SMILES string of the molecule is COc1cccc(CN2CCc3nnc([C@H](C)NC(=O)c4ccoc4C)n3CC2)c1O. The number of carbonyl (C=O) groups is 1. The van der Waals surface area contributed by atoms with E-state index in [1.807, 2.05) is 19.1 Å². The second-order valence-corrected chi connectivity index (χ2v) is 7.71. The van der Waals surface area contributed by atoms with Crippen molar-refractivity contribution < 1.29 is 19.1 Å². The molecule has 0 radical (unpaired) electrons. The monoisotopic (exact) mass is 425 g/mol. The number of hydrogen-bond acceptors (Lipinski definition) is 7. The number of ether oxygens (including phenoxy) is 1. The Balaban J connectivity index is 1.44. The normalized spacial score (nSPS) is 15.2. The van der Waals surface area contributed by atoms with E-state index >= 15 is 0 Å². The summed E-state index contributed by atoms with van der Waals surface area (Å²) in [6, 6.07) is 6.90. The second kappa shape index (κ2) is 8.81. The summed E-state index contributed by atoms with van der Waals surface area (Å²) in [4.78, 5) is 14.8. The molecule has 1 amide bonds. The highest BCUT2D eigenvalue weighted by Gasteiger charge is 2.24. The number of nitrogens with one attached hydrogen (secondary N) is 1. The highest BCUT2D eigenvalue weighted by molar-refractivity contribution is 5.95. The third-order valence-corrected chi connectivity index (χ3v) is 5.68. The topological polar surface area (TPSA) is 106 Å². The Hall–Kier alpha value is -3.33. The lowest BCUT2D eigenvalue weighted by Gasteiger charge is -2.21.